The molecule has 1 amide bonds. The van der Waals surface area contributed by atoms with Crippen molar-refractivity contribution in [1.29, 1.82) is 0 Å². The summed E-state index contributed by atoms with van der Waals surface area (Å²) in [6.45, 7) is 2.32. The number of nitrogens with zero attached hydrogens (tertiary/aromatic N) is 1. The van der Waals surface area contributed by atoms with Crippen LogP contribution in [-0.2, 0) is 6.54 Å². The molecule has 0 aliphatic carbocycles. The Balaban J connectivity index is 1.98. The normalized spacial score (nSPS) is 14.9. The maximum Gasteiger partial charge on any atom is 0.259 e. The number of amides is 1. The first-order chi connectivity index (χ1) is 9.25. The van der Waals surface area contributed by atoms with Gasteiger partial charge in [-0.25, -0.2) is 0 Å². The van der Waals surface area contributed by atoms with E-state index in [9.17, 15) is 4.79 Å². The number of hydrogen-bond acceptors (Lipinski definition) is 3. The summed E-state index contributed by atoms with van der Waals surface area (Å²) in [6, 6.07) is 9.96. The molecule has 5 heteroatoms. The number of hydrogen-bond donors (Lipinski definition) is 1. The van der Waals surface area contributed by atoms with Crippen LogP contribution in [0.3, 0.4) is 0 Å². The van der Waals surface area contributed by atoms with E-state index < -0.39 is 0 Å². The molecular weight excluding hydrogens is 324 g/mol. The molecule has 2 aromatic rings. The van der Waals surface area contributed by atoms with Gasteiger partial charge in [-0.2, -0.15) is 0 Å². The second-order valence-corrected chi connectivity index (χ2v) is 6.69. The van der Waals surface area contributed by atoms with Crippen LogP contribution in [0.4, 0.5) is 5.69 Å². The maximum atomic E-state index is 12.6. The van der Waals surface area contributed by atoms with Crippen LogP contribution >= 0.6 is 27.3 Å². The summed E-state index contributed by atoms with van der Waals surface area (Å²) in [4.78, 5) is 14.5. The molecule has 1 N–H and O–H groups in total. The Morgan fingerprint density at radius 3 is 3.00 bits per heavy atom. The van der Waals surface area contributed by atoms with E-state index in [0.717, 1.165) is 28.1 Å². The molecule has 98 valence electrons. The van der Waals surface area contributed by atoms with Crippen molar-refractivity contribution in [2.45, 2.75) is 6.54 Å². The molecule has 0 bridgehead atoms. The zero-order chi connectivity index (χ0) is 13.2. The van der Waals surface area contributed by atoms with Gasteiger partial charge in [0, 0.05) is 30.7 Å². The van der Waals surface area contributed by atoms with Gasteiger partial charge < -0.3 is 10.2 Å². The number of fused-ring (bicyclic) bond motifs is 1. The molecule has 1 aromatic heterocycles. The van der Waals surface area contributed by atoms with Crippen LogP contribution in [0.1, 0.15) is 15.9 Å². The summed E-state index contributed by atoms with van der Waals surface area (Å²) in [5, 5.41) is 5.24. The first-order valence-electron chi connectivity index (χ1n) is 6.10. The smallest absolute Gasteiger partial charge is 0.259 e. The minimum atomic E-state index is 0.0677. The predicted octanol–water partition coefficient (Wildman–Crippen LogP) is 3.26. The Morgan fingerprint density at radius 1 is 1.37 bits per heavy atom. The lowest BCUT2D eigenvalue weighted by Crippen LogP contribution is -2.34. The van der Waals surface area contributed by atoms with Crippen LogP contribution in [0.2, 0.25) is 0 Å². The Morgan fingerprint density at radius 2 is 2.21 bits per heavy atom. The summed E-state index contributed by atoms with van der Waals surface area (Å²) < 4.78 is 0.983. The molecule has 0 fully saturated rings. The third kappa shape index (κ3) is 2.59. The molecule has 0 unspecified atom stereocenters. The monoisotopic (exact) mass is 336 g/mol. The number of benzene rings is 1. The zero-order valence-electron chi connectivity index (χ0n) is 10.2. The molecule has 1 aliphatic rings. The van der Waals surface area contributed by atoms with Gasteiger partial charge in [-0.1, -0.05) is 18.2 Å². The minimum Gasteiger partial charge on any atom is -0.311 e. The van der Waals surface area contributed by atoms with E-state index in [0.29, 0.717) is 6.54 Å². The number of thiophene rings is 1. The number of carbonyl (C=O) groups excluding carboxylic acids is 1. The SMILES string of the molecule is O=C(c1csc(Br)c1)N1CCNCc2ccccc21. The zero-order valence-corrected chi connectivity index (χ0v) is 12.6. The quantitative estimate of drug-likeness (QED) is 0.866. The molecule has 0 atom stereocenters. The highest BCUT2D eigenvalue weighted by atomic mass is 79.9. The lowest BCUT2D eigenvalue weighted by molar-refractivity contribution is 0.0988. The maximum absolute atomic E-state index is 12.6. The second-order valence-electron chi connectivity index (χ2n) is 4.40. The number of carbonyl (C=O) groups is 1. The van der Waals surface area contributed by atoms with Gasteiger partial charge in [0.1, 0.15) is 0 Å². The lowest BCUT2D eigenvalue weighted by atomic mass is 10.1. The summed E-state index contributed by atoms with van der Waals surface area (Å²) >= 11 is 4.94. The molecule has 3 rings (SSSR count). The number of nitrogens with one attached hydrogen (secondary N) is 1. The summed E-state index contributed by atoms with van der Waals surface area (Å²) in [5.41, 5.74) is 2.93. The van der Waals surface area contributed by atoms with Gasteiger partial charge in [-0.15, -0.1) is 11.3 Å². The Labute approximate surface area is 124 Å². The number of para-hydroxylation sites is 1. The van der Waals surface area contributed by atoms with E-state index >= 15 is 0 Å². The van der Waals surface area contributed by atoms with Gasteiger partial charge in [0.2, 0.25) is 0 Å². The van der Waals surface area contributed by atoms with Crippen molar-refractivity contribution in [2.24, 2.45) is 0 Å². The molecule has 19 heavy (non-hydrogen) atoms. The van der Waals surface area contributed by atoms with E-state index in [1.807, 2.05) is 34.5 Å². The van der Waals surface area contributed by atoms with Crippen LogP contribution in [0.5, 0.6) is 0 Å². The minimum absolute atomic E-state index is 0.0677. The molecule has 1 aromatic carbocycles. The van der Waals surface area contributed by atoms with Crippen molar-refractivity contribution < 1.29 is 4.79 Å². The van der Waals surface area contributed by atoms with Crippen molar-refractivity contribution in [3.8, 4) is 0 Å². The molecular formula is C14H13BrN2OS. The van der Waals surface area contributed by atoms with Crippen molar-refractivity contribution in [2.75, 3.05) is 18.0 Å². The van der Waals surface area contributed by atoms with Crippen LogP contribution in [0.25, 0.3) is 0 Å². The summed E-state index contributed by atoms with van der Waals surface area (Å²) in [7, 11) is 0. The number of rotatable bonds is 1. The first-order valence-corrected chi connectivity index (χ1v) is 7.77. The fraction of sp³-hybridized carbons (Fsp3) is 0.214. The highest BCUT2D eigenvalue weighted by Crippen LogP contribution is 2.27. The topological polar surface area (TPSA) is 32.3 Å². The van der Waals surface area contributed by atoms with E-state index in [1.165, 1.54) is 16.9 Å². The Hall–Kier alpha value is -1.17. The average Bonchev–Trinajstić information content (AvgIpc) is 2.74. The largest absolute Gasteiger partial charge is 0.311 e. The van der Waals surface area contributed by atoms with E-state index in [4.69, 9.17) is 0 Å². The molecule has 0 saturated carbocycles. The van der Waals surface area contributed by atoms with Crippen LogP contribution in [0.15, 0.2) is 39.5 Å². The van der Waals surface area contributed by atoms with E-state index in [2.05, 4.69) is 27.3 Å². The molecule has 1 aliphatic heterocycles. The number of anilines is 1. The van der Waals surface area contributed by atoms with Gasteiger partial charge in [-0.05, 0) is 33.6 Å². The number of halogens is 1. The average molecular weight is 337 g/mol. The fourth-order valence-electron chi connectivity index (χ4n) is 2.25. The first kappa shape index (κ1) is 12.8. The molecule has 0 saturated heterocycles. The summed E-state index contributed by atoms with van der Waals surface area (Å²) in [6.07, 6.45) is 0. The molecule has 0 radical (unpaired) electrons. The highest BCUT2D eigenvalue weighted by molar-refractivity contribution is 9.11. The van der Waals surface area contributed by atoms with E-state index in [-0.39, 0.29) is 5.91 Å². The van der Waals surface area contributed by atoms with Crippen molar-refractivity contribution >= 4 is 38.9 Å². The summed E-state index contributed by atoms with van der Waals surface area (Å²) in [5.74, 6) is 0.0677. The standard InChI is InChI=1S/C14H13BrN2OS/c15-13-7-11(9-19-13)14(18)17-6-5-16-8-10-3-1-2-4-12(10)17/h1-4,7,9,16H,5-6,8H2. The molecule has 3 nitrogen and oxygen atoms in total. The van der Waals surface area contributed by atoms with Crippen LogP contribution in [-0.4, -0.2) is 19.0 Å². The second kappa shape index (κ2) is 5.45. The van der Waals surface area contributed by atoms with Crippen molar-refractivity contribution in [3.63, 3.8) is 0 Å². The van der Waals surface area contributed by atoms with Gasteiger partial charge in [0.05, 0.1) is 9.35 Å². The molecule has 2 heterocycles. The van der Waals surface area contributed by atoms with Gasteiger partial charge in [0.25, 0.3) is 5.91 Å². The van der Waals surface area contributed by atoms with Crippen LogP contribution < -0.4 is 10.2 Å². The lowest BCUT2D eigenvalue weighted by Gasteiger charge is -2.22. The Kier molecular flexibility index (Phi) is 3.68. The van der Waals surface area contributed by atoms with Crippen molar-refractivity contribution in [3.05, 3.63) is 50.6 Å². The fourth-order valence-corrected chi connectivity index (χ4v) is 3.38. The molecule has 0 spiro atoms. The third-order valence-corrected chi connectivity index (χ3v) is 4.67. The van der Waals surface area contributed by atoms with Gasteiger partial charge in [0.15, 0.2) is 0 Å². The third-order valence-electron chi connectivity index (χ3n) is 3.17. The predicted molar refractivity (Wildman–Crippen MR) is 81.8 cm³/mol. The van der Waals surface area contributed by atoms with Gasteiger partial charge in [-0.3, -0.25) is 4.79 Å². The van der Waals surface area contributed by atoms with Crippen LogP contribution in [0, 0.1) is 0 Å². The Bertz CT molecular complexity index is 611. The van der Waals surface area contributed by atoms with Crippen molar-refractivity contribution in [1.82, 2.24) is 5.32 Å². The van der Waals surface area contributed by atoms with E-state index in [1.54, 1.807) is 0 Å². The van der Waals surface area contributed by atoms with Gasteiger partial charge >= 0.3 is 0 Å². The highest BCUT2D eigenvalue weighted by Gasteiger charge is 2.22.